The molecule has 0 aliphatic heterocycles. The molecular formula is C18H19BrO3. The highest BCUT2D eigenvalue weighted by molar-refractivity contribution is 9.10. The van der Waals surface area contributed by atoms with Crippen molar-refractivity contribution in [3.8, 4) is 11.5 Å². The van der Waals surface area contributed by atoms with E-state index < -0.39 is 0 Å². The maximum absolute atomic E-state index is 11.9. The Labute approximate surface area is 139 Å². The zero-order valence-electron chi connectivity index (χ0n) is 12.8. The Morgan fingerprint density at radius 3 is 2.50 bits per heavy atom. The molecule has 0 aliphatic carbocycles. The van der Waals surface area contributed by atoms with Crippen molar-refractivity contribution in [2.24, 2.45) is 0 Å². The fourth-order valence-electron chi connectivity index (χ4n) is 2.03. The summed E-state index contributed by atoms with van der Waals surface area (Å²) in [6, 6.07) is 13.4. The second-order valence-corrected chi connectivity index (χ2v) is 5.84. The number of carbonyl (C=O) groups is 1. The van der Waals surface area contributed by atoms with Gasteiger partial charge in [-0.3, -0.25) is 4.79 Å². The Balaban J connectivity index is 1.87. The third-order valence-electron chi connectivity index (χ3n) is 3.16. The highest BCUT2D eigenvalue weighted by Crippen LogP contribution is 2.26. The van der Waals surface area contributed by atoms with Crippen molar-refractivity contribution < 1.29 is 14.3 Å². The number of hydrogen-bond acceptors (Lipinski definition) is 3. The van der Waals surface area contributed by atoms with Crippen LogP contribution < -0.4 is 9.47 Å². The molecule has 116 valence electrons. The van der Waals surface area contributed by atoms with Crippen LogP contribution in [0.3, 0.4) is 0 Å². The molecule has 2 aromatic rings. The first-order valence-corrected chi connectivity index (χ1v) is 8.06. The summed E-state index contributed by atoms with van der Waals surface area (Å²) in [5.74, 6) is 1.16. The molecule has 0 amide bonds. The molecule has 0 bridgehead atoms. The van der Waals surface area contributed by atoms with Crippen molar-refractivity contribution >= 4 is 21.9 Å². The van der Waals surface area contributed by atoms with Gasteiger partial charge >= 0.3 is 5.97 Å². The highest BCUT2D eigenvalue weighted by Gasteiger charge is 2.08. The Bertz CT molecular complexity index is 635. The van der Waals surface area contributed by atoms with E-state index in [1.54, 1.807) is 6.07 Å². The predicted octanol–water partition coefficient (Wildman–Crippen LogP) is 4.69. The SMILES string of the molecule is CCOc1ccc(CCC(=O)Oc2ccc(C)cc2Br)cc1. The van der Waals surface area contributed by atoms with E-state index in [4.69, 9.17) is 9.47 Å². The molecule has 4 heteroatoms. The zero-order valence-corrected chi connectivity index (χ0v) is 14.4. The first kappa shape index (κ1) is 16.6. The lowest BCUT2D eigenvalue weighted by Gasteiger charge is -2.08. The fourth-order valence-corrected chi connectivity index (χ4v) is 2.60. The molecular weight excluding hydrogens is 344 g/mol. The van der Waals surface area contributed by atoms with Gasteiger partial charge in [-0.05, 0) is 71.6 Å². The van der Waals surface area contributed by atoms with Crippen LogP contribution in [0, 0.1) is 6.92 Å². The summed E-state index contributed by atoms with van der Waals surface area (Å²) in [6.07, 6.45) is 0.989. The fraction of sp³-hybridized carbons (Fsp3) is 0.278. The van der Waals surface area contributed by atoms with Gasteiger partial charge in [-0.25, -0.2) is 0 Å². The van der Waals surface area contributed by atoms with Gasteiger partial charge < -0.3 is 9.47 Å². The minimum absolute atomic E-state index is 0.238. The van der Waals surface area contributed by atoms with Gasteiger partial charge in [0.1, 0.15) is 11.5 Å². The van der Waals surface area contributed by atoms with E-state index in [0.29, 0.717) is 25.2 Å². The van der Waals surface area contributed by atoms with Gasteiger partial charge in [-0.1, -0.05) is 18.2 Å². The number of ether oxygens (including phenoxy) is 2. The number of carbonyl (C=O) groups excluding carboxylic acids is 1. The Hall–Kier alpha value is -1.81. The monoisotopic (exact) mass is 362 g/mol. The highest BCUT2D eigenvalue weighted by atomic mass is 79.9. The van der Waals surface area contributed by atoms with Gasteiger partial charge in [0, 0.05) is 6.42 Å². The van der Waals surface area contributed by atoms with Crippen LogP contribution in [0.25, 0.3) is 0 Å². The second kappa shape index (κ2) is 7.99. The van der Waals surface area contributed by atoms with Gasteiger partial charge in [0.2, 0.25) is 0 Å². The summed E-state index contributed by atoms with van der Waals surface area (Å²) in [6.45, 7) is 4.59. The lowest BCUT2D eigenvalue weighted by molar-refractivity contribution is -0.134. The Kier molecular flexibility index (Phi) is 6.01. The molecule has 0 radical (unpaired) electrons. The van der Waals surface area contributed by atoms with Crippen LogP contribution in [0.1, 0.15) is 24.5 Å². The summed E-state index contributed by atoms with van der Waals surface area (Å²) >= 11 is 3.40. The molecule has 0 N–H and O–H groups in total. The topological polar surface area (TPSA) is 35.5 Å². The van der Waals surface area contributed by atoms with Crippen molar-refractivity contribution in [1.29, 1.82) is 0 Å². The molecule has 0 aromatic heterocycles. The van der Waals surface area contributed by atoms with Crippen LogP contribution in [0.15, 0.2) is 46.9 Å². The maximum atomic E-state index is 11.9. The normalized spacial score (nSPS) is 10.3. The molecule has 0 heterocycles. The first-order valence-electron chi connectivity index (χ1n) is 7.27. The van der Waals surface area contributed by atoms with E-state index in [0.717, 1.165) is 21.3 Å². The lowest BCUT2D eigenvalue weighted by atomic mass is 10.1. The molecule has 0 spiro atoms. The smallest absolute Gasteiger partial charge is 0.311 e. The first-order chi connectivity index (χ1) is 10.6. The van der Waals surface area contributed by atoms with Crippen molar-refractivity contribution in [3.05, 3.63) is 58.1 Å². The lowest BCUT2D eigenvalue weighted by Crippen LogP contribution is -2.09. The third kappa shape index (κ3) is 4.88. The molecule has 2 aromatic carbocycles. The molecule has 0 saturated heterocycles. The summed E-state index contributed by atoms with van der Waals surface area (Å²) in [7, 11) is 0. The van der Waals surface area contributed by atoms with Gasteiger partial charge in [0.15, 0.2) is 0 Å². The largest absolute Gasteiger partial charge is 0.494 e. The van der Waals surface area contributed by atoms with E-state index in [1.807, 2.05) is 50.2 Å². The van der Waals surface area contributed by atoms with Crippen molar-refractivity contribution in [2.75, 3.05) is 6.61 Å². The number of rotatable bonds is 6. The summed E-state index contributed by atoms with van der Waals surface area (Å²) in [5, 5.41) is 0. The number of esters is 1. The molecule has 22 heavy (non-hydrogen) atoms. The maximum Gasteiger partial charge on any atom is 0.311 e. The van der Waals surface area contributed by atoms with Gasteiger partial charge in [-0.15, -0.1) is 0 Å². The van der Waals surface area contributed by atoms with E-state index in [2.05, 4.69) is 15.9 Å². The molecule has 0 aliphatic rings. The summed E-state index contributed by atoms with van der Waals surface area (Å²) in [4.78, 5) is 11.9. The standard InChI is InChI=1S/C18H19BrO3/c1-3-21-15-8-5-14(6-9-15)7-11-18(20)22-17-10-4-13(2)12-16(17)19/h4-6,8-10,12H,3,7,11H2,1-2H3. The second-order valence-electron chi connectivity index (χ2n) is 4.98. The van der Waals surface area contributed by atoms with Gasteiger partial charge in [0.05, 0.1) is 11.1 Å². The molecule has 0 saturated carbocycles. The summed E-state index contributed by atoms with van der Waals surface area (Å²) < 4.78 is 11.6. The van der Waals surface area contributed by atoms with Gasteiger partial charge in [-0.2, -0.15) is 0 Å². The number of hydrogen-bond donors (Lipinski definition) is 0. The van der Waals surface area contributed by atoms with Crippen molar-refractivity contribution in [2.45, 2.75) is 26.7 Å². The average Bonchev–Trinajstić information content (AvgIpc) is 2.50. The van der Waals surface area contributed by atoms with Crippen molar-refractivity contribution in [3.63, 3.8) is 0 Å². The molecule has 0 unspecified atom stereocenters. The summed E-state index contributed by atoms with van der Waals surface area (Å²) in [5.41, 5.74) is 2.20. The van der Waals surface area contributed by atoms with E-state index >= 15 is 0 Å². The van der Waals surface area contributed by atoms with Gasteiger partial charge in [0.25, 0.3) is 0 Å². The molecule has 3 nitrogen and oxygen atoms in total. The zero-order chi connectivity index (χ0) is 15.9. The van der Waals surface area contributed by atoms with E-state index in [1.165, 1.54) is 0 Å². The van der Waals surface area contributed by atoms with Crippen LogP contribution in [0.5, 0.6) is 11.5 Å². The molecule has 2 rings (SSSR count). The minimum atomic E-state index is -0.238. The Morgan fingerprint density at radius 1 is 1.14 bits per heavy atom. The van der Waals surface area contributed by atoms with Crippen LogP contribution in [-0.2, 0) is 11.2 Å². The van der Waals surface area contributed by atoms with Crippen LogP contribution >= 0.6 is 15.9 Å². The predicted molar refractivity (Wildman–Crippen MR) is 90.4 cm³/mol. The minimum Gasteiger partial charge on any atom is -0.494 e. The number of benzene rings is 2. The average molecular weight is 363 g/mol. The number of halogens is 1. The third-order valence-corrected chi connectivity index (χ3v) is 3.78. The van der Waals surface area contributed by atoms with Crippen LogP contribution in [-0.4, -0.2) is 12.6 Å². The molecule has 0 fully saturated rings. The molecule has 0 atom stereocenters. The van der Waals surface area contributed by atoms with Crippen LogP contribution in [0.4, 0.5) is 0 Å². The quantitative estimate of drug-likeness (QED) is 0.552. The van der Waals surface area contributed by atoms with Crippen molar-refractivity contribution in [1.82, 2.24) is 0 Å². The van der Waals surface area contributed by atoms with E-state index in [-0.39, 0.29) is 5.97 Å². The van der Waals surface area contributed by atoms with E-state index in [9.17, 15) is 4.79 Å². The van der Waals surface area contributed by atoms with Crippen LogP contribution in [0.2, 0.25) is 0 Å². The Morgan fingerprint density at radius 2 is 1.86 bits per heavy atom. The number of aryl methyl sites for hydroxylation is 2.